The molecule has 0 amide bonds. The smallest absolute Gasteiger partial charge is 0.361 e. The van der Waals surface area contributed by atoms with Crippen molar-refractivity contribution in [2.75, 3.05) is 0 Å². The summed E-state index contributed by atoms with van der Waals surface area (Å²) in [5, 5.41) is 24.6. The van der Waals surface area contributed by atoms with Gasteiger partial charge in [-0.15, -0.1) is 0 Å². The van der Waals surface area contributed by atoms with Gasteiger partial charge in [0.2, 0.25) is 5.71 Å². The molecule has 6 heteroatoms. The van der Waals surface area contributed by atoms with Crippen molar-refractivity contribution in [2.45, 2.75) is 0 Å². The van der Waals surface area contributed by atoms with Crippen LogP contribution in [0, 0.1) is 5.41 Å². The minimum atomic E-state index is -1.52. The van der Waals surface area contributed by atoms with Crippen LogP contribution < -0.4 is 5.73 Å². The van der Waals surface area contributed by atoms with E-state index in [0.717, 1.165) is 0 Å². The van der Waals surface area contributed by atoms with Crippen LogP contribution in [0.5, 0.6) is 0 Å². The van der Waals surface area contributed by atoms with Gasteiger partial charge >= 0.3 is 5.97 Å². The quantitative estimate of drug-likeness (QED) is 0.163. The first kappa shape index (κ1) is 7.41. The molecule has 0 aromatic rings. The number of hydrogen-bond acceptors (Lipinski definition) is 4. The number of aliphatic carboxylic acids is 1. The molecule has 0 aromatic carbocycles. The van der Waals surface area contributed by atoms with Crippen LogP contribution in [0.3, 0.4) is 0 Å². The van der Waals surface area contributed by atoms with Gasteiger partial charge in [0.15, 0.2) is 5.84 Å². The molecule has 0 unspecified atom stereocenters. The first-order valence-electron chi connectivity index (χ1n) is 1.89. The van der Waals surface area contributed by atoms with Crippen LogP contribution in [-0.4, -0.2) is 27.8 Å². The Hall–Kier alpha value is -1.59. The monoisotopic (exact) mass is 131 g/mol. The Morgan fingerprint density at radius 3 is 2.11 bits per heavy atom. The van der Waals surface area contributed by atoms with Gasteiger partial charge in [0.25, 0.3) is 0 Å². The minimum absolute atomic E-state index is 0.773. The maximum Gasteiger partial charge on any atom is 0.361 e. The number of carbonyl (C=O) groups is 1. The fourth-order valence-electron chi connectivity index (χ4n) is 0.212. The van der Waals surface area contributed by atoms with Crippen LogP contribution in [-0.2, 0) is 4.79 Å². The average Bonchev–Trinajstić information content (AvgIpc) is 1.64. The molecule has 0 saturated heterocycles. The number of nitrogens with zero attached hydrogens (tertiary/aromatic N) is 1. The number of amidine groups is 1. The van der Waals surface area contributed by atoms with Gasteiger partial charge in [-0.25, -0.2) is 4.79 Å². The van der Waals surface area contributed by atoms with Crippen molar-refractivity contribution in [3.05, 3.63) is 0 Å². The van der Waals surface area contributed by atoms with Crippen molar-refractivity contribution < 1.29 is 15.1 Å². The van der Waals surface area contributed by atoms with Gasteiger partial charge in [0.05, 0.1) is 0 Å². The molecule has 0 aromatic heterocycles. The van der Waals surface area contributed by atoms with E-state index in [1.807, 2.05) is 0 Å². The lowest BCUT2D eigenvalue weighted by Crippen LogP contribution is -2.29. The van der Waals surface area contributed by atoms with E-state index < -0.39 is 17.5 Å². The average molecular weight is 131 g/mol. The van der Waals surface area contributed by atoms with Crippen LogP contribution in [0.25, 0.3) is 0 Å². The third-order valence-corrected chi connectivity index (χ3v) is 0.558. The zero-order chi connectivity index (χ0) is 7.44. The SMILES string of the molecule is N=C(N)/C(=N\O)C(=O)O. The summed E-state index contributed by atoms with van der Waals surface area (Å²) in [7, 11) is 0. The third kappa shape index (κ3) is 1.76. The highest BCUT2D eigenvalue weighted by Crippen LogP contribution is 1.74. The van der Waals surface area contributed by atoms with Gasteiger partial charge in [-0.3, -0.25) is 5.41 Å². The summed E-state index contributed by atoms with van der Waals surface area (Å²) >= 11 is 0. The molecular weight excluding hydrogens is 126 g/mol. The van der Waals surface area contributed by atoms with Crippen molar-refractivity contribution in [3.63, 3.8) is 0 Å². The van der Waals surface area contributed by atoms with E-state index in [2.05, 4.69) is 10.9 Å². The van der Waals surface area contributed by atoms with E-state index in [0.29, 0.717) is 0 Å². The van der Waals surface area contributed by atoms with E-state index in [1.165, 1.54) is 0 Å². The second-order valence-corrected chi connectivity index (χ2v) is 1.17. The summed E-state index contributed by atoms with van der Waals surface area (Å²) in [5.74, 6) is -2.30. The third-order valence-electron chi connectivity index (χ3n) is 0.558. The van der Waals surface area contributed by atoms with E-state index in [1.54, 1.807) is 0 Å². The lowest BCUT2D eigenvalue weighted by molar-refractivity contribution is -0.129. The topological polar surface area (TPSA) is 120 Å². The summed E-state index contributed by atoms with van der Waals surface area (Å²) in [6.07, 6.45) is 0. The highest BCUT2D eigenvalue weighted by Gasteiger charge is 2.12. The number of nitrogens with two attached hydrogens (primary N) is 1. The summed E-state index contributed by atoms with van der Waals surface area (Å²) in [6.45, 7) is 0. The second-order valence-electron chi connectivity index (χ2n) is 1.17. The Labute approximate surface area is 50.1 Å². The molecule has 0 heterocycles. The Morgan fingerprint density at radius 1 is 1.67 bits per heavy atom. The predicted octanol–water partition coefficient (Wildman–Crippen LogP) is -1.16. The van der Waals surface area contributed by atoms with Crippen molar-refractivity contribution in [2.24, 2.45) is 10.9 Å². The Morgan fingerprint density at radius 2 is 2.11 bits per heavy atom. The summed E-state index contributed by atoms with van der Waals surface area (Å²) < 4.78 is 0. The van der Waals surface area contributed by atoms with E-state index >= 15 is 0 Å². The zero-order valence-corrected chi connectivity index (χ0v) is 4.33. The molecule has 6 nitrogen and oxygen atoms in total. The van der Waals surface area contributed by atoms with Crippen LogP contribution in [0.4, 0.5) is 0 Å². The highest BCUT2D eigenvalue weighted by atomic mass is 16.4. The predicted molar refractivity (Wildman–Crippen MR) is 28.8 cm³/mol. The fourth-order valence-corrected chi connectivity index (χ4v) is 0.212. The zero-order valence-electron chi connectivity index (χ0n) is 4.33. The molecule has 0 rings (SSSR count). The van der Waals surface area contributed by atoms with Gasteiger partial charge in [0, 0.05) is 0 Å². The van der Waals surface area contributed by atoms with Crippen LogP contribution in [0.2, 0.25) is 0 Å². The molecule has 0 spiro atoms. The molecule has 0 bridgehead atoms. The van der Waals surface area contributed by atoms with Gasteiger partial charge in [0.1, 0.15) is 0 Å². The summed E-state index contributed by atoms with van der Waals surface area (Å²) in [4.78, 5) is 9.86. The van der Waals surface area contributed by atoms with E-state index in [-0.39, 0.29) is 0 Å². The summed E-state index contributed by atoms with van der Waals surface area (Å²) in [6, 6.07) is 0. The molecule has 0 saturated carbocycles. The largest absolute Gasteiger partial charge is 0.476 e. The highest BCUT2D eigenvalue weighted by molar-refractivity contribution is 6.63. The number of hydrogen-bond donors (Lipinski definition) is 4. The molecule has 0 atom stereocenters. The number of nitrogens with one attached hydrogen (secondary N) is 1. The van der Waals surface area contributed by atoms with Crippen molar-refractivity contribution in [3.8, 4) is 0 Å². The Kier molecular flexibility index (Phi) is 2.18. The molecular formula is C3H5N3O3. The molecule has 0 radical (unpaired) electrons. The molecule has 0 aliphatic heterocycles. The lowest BCUT2D eigenvalue weighted by atomic mass is 10.4. The number of oxime groups is 1. The van der Waals surface area contributed by atoms with Crippen molar-refractivity contribution >= 4 is 17.5 Å². The van der Waals surface area contributed by atoms with Crippen LogP contribution in [0.15, 0.2) is 5.16 Å². The van der Waals surface area contributed by atoms with Gasteiger partial charge in [-0.2, -0.15) is 0 Å². The minimum Gasteiger partial charge on any atom is -0.476 e. The van der Waals surface area contributed by atoms with Gasteiger partial charge < -0.3 is 16.0 Å². The van der Waals surface area contributed by atoms with Gasteiger partial charge in [-0.05, 0) is 0 Å². The number of carboxylic acids is 1. The number of rotatable bonds is 2. The summed E-state index contributed by atoms with van der Waals surface area (Å²) in [5.41, 5.74) is 3.81. The van der Waals surface area contributed by atoms with E-state index in [4.69, 9.17) is 15.7 Å². The first-order chi connectivity index (χ1) is 4.09. The standard InChI is InChI=1S/C3H5N3O3/c4-2(5)1(6-9)3(7)8/h9H,(H3,4,5)(H,7,8)/b6-1+. The molecule has 5 N–H and O–H groups in total. The maximum atomic E-state index is 9.86. The van der Waals surface area contributed by atoms with Crippen LogP contribution >= 0.6 is 0 Å². The molecule has 0 aliphatic rings. The molecule has 0 fully saturated rings. The van der Waals surface area contributed by atoms with E-state index in [9.17, 15) is 4.79 Å². The normalized spacial score (nSPS) is 10.9. The second kappa shape index (κ2) is 2.65. The maximum absolute atomic E-state index is 9.86. The Balaban J connectivity index is 4.38. The fraction of sp³-hybridized carbons (Fsp3) is 0. The van der Waals surface area contributed by atoms with Crippen LogP contribution in [0.1, 0.15) is 0 Å². The Bertz CT molecular complexity index is 157. The molecule has 0 aliphatic carbocycles. The molecule has 50 valence electrons. The van der Waals surface area contributed by atoms with Crippen molar-refractivity contribution in [1.82, 2.24) is 0 Å². The molecule has 9 heavy (non-hydrogen) atoms. The lowest BCUT2D eigenvalue weighted by Gasteiger charge is -1.90. The first-order valence-corrected chi connectivity index (χ1v) is 1.89. The van der Waals surface area contributed by atoms with Gasteiger partial charge in [-0.1, -0.05) is 5.16 Å². The number of carboxylic acid groups (broad SMARTS) is 1. The van der Waals surface area contributed by atoms with Crippen molar-refractivity contribution in [1.29, 1.82) is 5.41 Å².